The fraction of sp³-hybridized carbons (Fsp3) is 0.267. The summed E-state index contributed by atoms with van der Waals surface area (Å²) in [4.78, 5) is 37.6. The van der Waals surface area contributed by atoms with Gasteiger partial charge in [0.15, 0.2) is 5.11 Å². The third-order valence-electron chi connectivity index (χ3n) is 5.61. The molecule has 0 saturated heterocycles. The molecule has 0 aliphatic carbocycles. The number of amides is 3. The summed E-state index contributed by atoms with van der Waals surface area (Å²) >= 11 is 5.12. The van der Waals surface area contributed by atoms with E-state index in [1.165, 1.54) is 0 Å². The van der Waals surface area contributed by atoms with E-state index < -0.39 is 11.8 Å². The normalized spacial score (nSPS) is 10.9. The molecule has 3 amide bonds. The Balaban J connectivity index is 1.48. The SMILES string of the molecule is CC(C)COc1cccc(C(=O)NC(=S)NNC(=O)c2ccc(NC(=O)c3ccc(C(C)(C)C)cc3)cc2)c1. The summed E-state index contributed by atoms with van der Waals surface area (Å²) in [7, 11) is 0. The van der Waals surface area contributed by atoms with Crippen molar-refractivity contribution in [3.05, 3.63) is 95.1 Å². The molecule has 9 heteroatoms. The molecule has 0 aliphatic heterocycles. The average Bonchev–Trinajstić information content (AvgIpc) is 2.90. The van der Waals surface area contributed by atoms with Crippen molar-refractivity contribution in [3.8, 4) is 5.75 Å². The molecule has 204 valence electrons. The lowest BCUT2D eigenvalue weighted by Gasteiger charge is -2.19. The number of rotatable bonds is 7. The molecule has 0 bridgehead atoms. The first-order valence-corrected chi connectivity index (χ1v) is 13.0. The highest BCUT2D eigenvalue weighted by molar-refractivity contribution is 7.80. The number of hydrogen-bond acceptors (Lipinski definition) is 5. The Hall–Kier alpha value is -4.24. The van der Waals surface area contributed by atoms with Crippen LogP contribution in [0.25, 0.3) is 0 Å². The topological polar surface area (TPSA) is 109 Å². The molecule has 3 rings (SSSR count). The number of thiocarbonyl (C=S) groups is 1. The van der Waals surface area contributed by atoms with Gasteiger partial charge in [-0.05, 0) is 83.7 Å². The van der Waals surface area contributed by atoms with Crippen LogP contribution in [0.15, 0.2) is 72.8 Å². The first kappa shape index (κ1) is 29.3. The highest BCUT2D eigenvalue weighted by Gasteiger charge is 2.15. The minimum absolute atomic E-state index is 0.00385. The van der Waals surface area contributed by atoms with Crippen molar-refractivity contribution in [1.29, 1.82) is 0 Å². The van der Waals surface area contributed by atoms with Gasteiger partial charge in [0.25, 0.3) is 17.7 Å². The Morgan fingerprint density at radius 3 is 2.03 bits per heavy atom. The van der Waals surface area contributed by atoms with Crippen LogP contribution in [0, 0.1) is 5.92 Å². The van der Waals surface area contributed by atoms with Gasteiger partial charge in [0.2, 0.25) is 0 Å². The molecule has 3 aromatic carbocycles. The van der Waals surface area contributed by atoms with Crippen LogP contribution in [0.1, 0.15) is 71.3 Å². The van der Waals surface area contributed by atoms with E-state index in [1.54, 1.807) is 60.7 Å². The number of carbonyl (C=O) groups excluding carboxylic acids is 3. The summed E-state index contributed by atoms with van der Waals surface area (Å²) in [5, 5.41) is 5.27. The molecular formula is C30H34N4O4S. The van der Waals surface area contributed by atoms with Crippen LogP contribution in [0.3, 0.4) is 0 Å². The van der Waals surface area contributed by atoms with Crippen molar-refractivity contribution in [2.24, 2.45) is 5.92 Å². The molecule has 0 heterocycles. The van der Waals surface area contributed by atoms with Gasteiger partial charge in [-0.2, -0.15) is 0 Å². The van der Waals surface area contributed by atoms with Crippen LogP contribution < -0.4 is 26.2 Å². The Kier molecular flexibility index (Phi) is 9.78. The van der Waals surface area contributed by atoms with E-state index in [-0.39, 0.29) is 16.4 Å². The molecule has 4 N–H and O–H groups in total. The second-order valence-corrected chi connectivity index (χ2v) is 10.9. The Morgan fingerprint density at radius 1 is 0.795 bits per heavy atom. The van der Waals surface area contributed by atoms with Crippen LogP contribution in [0.4, 0.5) is 5.69 Å². The van der Waals surface area contributed by atoms with Crippen molar-refractivity contribution >= 4 is 40.7 Å². The van der Waals surface area contributed by atoms with E-state index in [4.69, 9.17) is 17.0 Å². The van der Waals surface area contributed by atoms with Gasteiger partial charge in [-0.25, -0.2) is 0 Å². The largest absolute Gasteiger partial charge is 0.493 e. The van der Waals surface area contributed by atoms with Gasteiger partial charge < -0.3 is 10.1 Å². The van der Waals surface area contributed by atoms with Gasteiger partial charge in [0, 0.05) is 22.4 Å². The smallest absolute Gasteiger partial charge is 0.269 e. The number of carbonyl (C=O) groups is 3. The third-order valence-corrected chi connectivity index (χ3v) is 5.82. The van der Waals surface area contributed by atoms with Crippen molar-refractivity contribution < 1.29 is 19.1 Å². The fourth-order valence-corrected chi connectivity index (χ4v) is 3.56. The van der Waals surface area contributed by atoms with Gasteiger partial charge in [-0.3, -0.25) is 30.6 Å². The number of benzene rings is 3. The molecule has 0 atom stereocenters. The van der Waals surface area contributed by atoms with E-state index >= 15 is 0 Å². The Morgan fingerprint density at radius 2 is 1.41 bits per heavy atom. The fourth-order valence-electron chi connectivity index (χ4n) is 3.41. The van der Waals surface area contributed by atoms with Gasteiger partial charge in [0.1, 0.15) is 5.75 Å². The first-order valence-electron chi connectivity index (χ1n) is 12.6. The summed E-state index contributed by atoms with van der Waals surface area (Å²) in [6.07, 6.45) is 0. The van der Waals surface area contributed by atoms with E-state index in [0.29, 0.717) is 40.7 Å². The molecule has 0 unspecified atom stereocenters. The maximum Gasteiger partial charge on any atom is 0.269 e. The van der Waals surface area contributed by atoms with Crippen molar-refractivity contribution in [2.75, 3.05) is 11.9 Å². The van der Waals surface area contributed by atoms with Crippen molar-refractivity contribution in [2.45, 2.75) is 40.0 Å². The monoisotopic (exact) mass is 546 g/mol. The molecule has 39 heavy (non-hydrogen) atoms. The molecule has 3 aromatic rings. The van der Waals surface area contributed by atoms with Gasteiger partial charge in [-0.1, -0.05) is 52.8 Å². The molecule has 0 fully saturated rings. The molecule has 0 spiro atoms. The van der Waals surface area contributed by atoms with E-state index in [1.807, 2.05) is 26.0 Å². The lowest BCUT2D eigenvalue weighted by atomic mass is 9.87. The third kappa shape index (κ3) is 8.93. The summed E-state index contributed by atoms with van der Waals surface area (Å²) in [6, 6.07) is 20.6. The Bertz CT molecular complexity index is 1330. The minimum atomic E-state index is -0.466. The summed E-state index contributed by atoms with van der Waals surface area (Å²) in [5.41, 5.74) is 7.90. The molecule has 8 nitrogen and oxygen atoms in total. The van der Waals surface area contributed by atoms with Crippen LogP contribution >= 0.6 is 12.2 Å². The van der Waals surface area contributed by atoms with Crippen LogP contribution in [-0.2, 0) is 5.41 Å². The molecule has 0 radical (unpaired) electrons. The number of ether oxygens (including phenoxy) is 1. The maximum absolute atomic E-state index is 12.6. The predicted octanol–water partition coefficient (Wildman–Crippen LogP) is 5.22. The minimum Gasteiger partial charge on any atom is -0.493 e. The lowest BCUT2D eigenvalue weighted by Crippen LogP contribution is -2.48. The maximum atomic E-state index is 12.6. The Labute approximate surface area is 234 Å². The second kappa shape index (κ2) is 13.0. The van der Waals surface area contributed by atoms with Crippen molar-refractivity contribution in [1.82, 2.24) is 16.2 Å². The number of hydrogen-bond donors (Lipinski definition) is 4. The highest BCUT2D eigenvalue weighted by atomic mass is 32.1. The van der Waals surface area contributed by atoms with Crippen LogP contribution in [0.5, 0.6) is 5.75 Å². The zero-order valence-electron chi connectivity index (χ0n) is 22.8. The summed E-state index contributed by atoms with van der Waals surface area (Å²) in [6.45, 7) is 11.0. The molecule has 0 aliphatic rings. The molecule has 0 aromatic heterocycles. The summed E-state index contributed by atoms with van der Waals surface area (Å²) < 4.78 is 5.65. The summed E-state index contributed by atoms with van der Waals surface area (Å²) in [5.74, 6) is -0.209. The van der Waals surface area contributed by atoms with Gasteiger partial charge >= 0.3 is 0 Å². The van der Waals surface area contributed by atoms with Gasteiger partial charge in [-0.15, -0.1) is 0 Å². The van der Waals surface area contributed by atoms with Crippen LogP contribution in [-0.4, -0.2) is 29.4 Å². The first-order chi connectivity index (χ1) is 18.4. The van der Waals surface area contributed by atoms with Gasteiger partial charge in [0.05, 0.1) is 6.61 Å². The van der Waals surface area contributed by atoms with E-state index in [9.17, 15) is 14.4 Å². The number of hydrazine groups is 1. The quantitative estimate of drug-likeness (QED) is 0.239. The zero-order valence-corrected chi connectivity index (χ0v) is 23.6. The average molecular weight is 547 g/mol. The highest BCUT2D eigenvalue weighted by Crippen LogP contribution is 2.22. The van der Waals surface area contributed by atoms with E-state index in [0.717, 1.165) is 5.56 Å². The lowest BCUT2D eigenvalue weighted by molar-refractivity contribution is 0.0934. The standard InChI is InChI=1S/C30H34N4O4S/c1-19(2)18-38-25-8-6-7-22(17-25)27(36)32-29(39)34-33-28(37)21-11-15-24(16-12-21)31-26(35)20-9-13-23(14-10-20)30(3,4)5/h6-17,19H,18H2,1-5H3,(H,31,35)(H,33,37)(H2,32,34,36,39). The van der Waals surface area contributed by atoms with E-state index in [2.05, 4.69) is 42.3 Å². The predicted molar refractivity (Wildman–Crippen MR) is 157 cm³/mol. The second-order valence-electron chi connectivity index (χ2n) is 10.5. The molecular weight excluding hydrogens is 512 g/mol. The van der Waals surface area contributed by atoms with Crippen molar-refractivity contribution in [3.63, 3.8) is 0 Å². The zero-order chi connectivity index (χ0) is 28.6. The number of anilines is 1. The number of nitrogens with one attached hydrogen (secondary N) is 4. The van der Waals surface area contributed by atoms with Crippen LogP contribution in [0.2, 0.25) is 0 Å². The molecule has 0 saturated carbocycles.